The van der Waals surface area contributed by atoms with E-state index in [2.05, 4.69) is 26.1 Å². The highest BCUT2D eigenvalue weighted by atomic mass is 31.2. The molecule has 4 saturated carbocycles. The number of fused-ring (bicyclic) bond motifs is 5. The zero-order valence-electron chi connectivity index (χ0n) is 23.8. The summed E-state index contributed by atoms with van der Waals surface area (Å²) in [4.78, 5) is 41.8. The number of rotatable bonds is 10. The molecule has 224 valence electrons. The van der Waals surface area contributed by atoms with Crippen molar-refractivity contribution in [1.29, 1.82) is 0 Å². The summed E-state index contributed by atoms with van der Waals surface area (Å²) in [5, 5.41) is 33.8. The summed E-state index contributed by atoms with van der Waals surface area (Å²) in [7, 11) is -4.47. The third-order valence-corrected chi connectivity index (χ3v) is 12.8. The number of aliphatic hydroxyl groups is 2. The molecule has 0 bridgehead atoms. The molecule has 6 N–H and O–H groups in total. The summed E-state index contributed by atoms with van der Waals surface area (Å²) in [6.07, 6.45) is 7.49. The Morgan fingerprint density at radius 3 is 2.31 bits per heavy atom. The van der Waals surface area contributed by atoms with Gasteiger partial charge in [0.05, 0.1) is 24.3 Å². The maximum absolute atomic E-state index is 12.3. The molecule has 4 fully saturated rings. The highest BCUT2D eigenvalue weighted by Crippen LogP contribution is 2.68. The number of carbonyl (C=O) groups excluding carboxylic acids is 1. The average molecular weight is 572 g/mol. The summed E-state index contributed by atoms with van der Waals surface area (Å²) in [5.74, 6) is -0.166. The first kappa shape index (κ1) is 31.0. The Kier molecular flexibility index (Phi) is 9.30. The fourth-order valence-corrected chi connectivity index (χ4v) is 10.7. The van der Waals surface area contributed by atoms with Crippen molar-refractivity contribution >= 4 is 19.5 Å². The number of aliphatic carboxylic acids is 1. The molecule has 0 spiro atoms. The molecule has 0 saturated heterocycles. The predicted molar refractivity (Wildman–Crippen MR) is 147 cm³/mol. The summed E-state index contributed by atoms with van der Waals surface area (Å²) in [6, 6.07) is 0. The van der Waals surface area contributed by atoms with Gasteiger partial charge in [0.15, 0.2) is 0 Å². The van der Waals surface area contributed by atoms with E-state index >= 15 is 0 Å². The normalized spacial score (nSPS) is 41.6. The summed E-state index contributed by atoms with van der Waals surface area (Å²) < 4.78 is 11.2. The first-order valence-electron chi connectivity index (χ1n) is 15.1. The van der Waals surface area contributed by atoms with Crippen LogP contribution in [0.15, 0.2) is 0 Å². The standard InChI is InChI=1S/C29H50NO8P/c1-17(10-13-30-25(33)7-4-18(27(34)35)16-39(36,37)38)21-5-6-22-26-23(9-12-29(21,22)3)28(2)11-8-20(31)14-19(28)15-24(26)32/h17-24,26,31-32H,4-16H2,1-3H3,(H,30,33)(H,34,35)(H2,36,37,38)/t17-,18?,19+,20-,21?,22?,23?,24+,26?,28+,29-/m1/s1. The third kappa shape index (κ3) is 6.43. The second kappa shape index (κ2) is 11.7. The van der Waals surface area contributed by atoms with Crippen LogP contribution in [-0.4, -0.2) is 61.9 Å². The van der Waals surface area contributed by atoms with Gasteiger partial charge in [-0.1, -0.05) is 20.8 Å². The van der Waals surface area contributed by atoms with Crippen LogP contribution in [0.3, 0.4) is 0 Å². The molecule has 0 aliphatic heterocycles. The van der Waals surface area contributed by atoms with Gasteiger partial charge < -0.3 is 30.4 Å². The first-order chi connectivity index (χ1) is 18.2. The van der Waals surface area contributed by atoms with E-state index in [4.69, 9.17) is 9.79 Å². The molecule has 1 amide bonds. The van der Waals surface area contributed by atoms with Crippen molar-refractivity contribution in [3.63, 3.8) is 0 Å². The molecule has 4 aliphatic carbocycles. The molecule has 11 atom stereocenters. The van der Waals surface area contributed by atoms with Crippen molar-refractivity contribution < 1.29 is 39.3 Å². The lowest BCUT2D eigenvalue weighted by Gasteiger charge is -2.62. The Bertz CT molecular complexity index is 956. The van der Waals surface area contributed by atoms with Crippen LogP contribution in [-0.2, 0) is 14.2 Å². The Morgan fingerprint density at radius 2 is 1.64 bits per heavy atom. The lowest BCUT2D eigenvalue weighted by molar-refractivity contribution is -0.174. The topological polar surface area (TPSA) is 164 Å². The molecule has 0 aromatic heterocycles. The number of carbonyl (C=O) groups is 2. The molecule has 0 radical (unpaired) electrons. The molecule has 0 aromatic rings. The maximum Gasteiger partial charge on any atom is 0.326 e. The summed E-state index contributed by atoms with van der Waals surface area (Å²) in [6.45, 7) is 7.61. The largest absolute Gasteiger partial charge is 0.481 e. The lowest BCUT2D eigenvalue weighted by atomic mass is 9.43. The van der Waals surface area contributed by atoms with E-state index in [-0.39, 0.29) is 41.8 Å². The van der Waals surface area contributed by atoms with Crippen LogP contribution in [0.2, 0.25) is 0 Å². The second-order valence-corrected chi connectivity index (χ2v) is 15.7. The molecule has 4 aliphatic rings. The monoisotopic (exact) mass is 571 g/mol. The van der Waals surface area contributed by atoms with E-state index in [1.807, 2.05) is 0 Å². The number of hydrogen-bond donors (Lipinski definition) is 6. The Labute approximate surface area is 232 Å². The number of nitrogens with one attached hydrogen (secondary N) is 1. The van der Waals surface area contributed by atoms with Gasteiger partial charge in [-0.05, 0) is 111 Å². The fraction of sp³-hybridized carbons (Fsp3) is 0.931. The van der Waals surface area contributed by atoms with E-state index < -0.39 is 25.6 Å². The van der Waals surface area contributed by atoms with Gasteiger partial charge in [0, 0.05) is 13.0 Å². The quantitative estimate of drug-likeness (QED) is 0.216. The smallest absolute Gasteiger partial charge is 0.326 e. The zero-order chi connectivity index (χ0) is 28.8. The molecular weight excluding hydrogens is 521 g/mol. The molecular formula is C29H50NO8P. The van der Waals surface area contributed by atoms with E-state index in [0.717, 1.165) is 57.8 Å². The average Bonchev–Trinajstić information content (AvgIpc) is 3.19. The maximum atomic E-state index is 12.3. The number of amides is 1. The van der Waals surface area contributed by atoms with E-state index in [9.17, 15) is 29.5 Å². The van der Waals surface area contributed by atoms with Gasteiger partial charge in [0.2, 0.25) is 5.91 Å². The molecule has 39 heavy (non-hydrogen) atoms. The van der Waals surface area contributed by atoms with Gasteiger partial charge >= 0.3 is 13.6 Å². The van der Waals surface area contributed by atoms with Crippen molar-refractivity contribution in [3.8, 4) is 0 Å². The molecule has 10 heteroatoms. The molecule has 9 nitrogen and oxygen atoms in total. The van der Waals surface area contributed by atoms with Crippen LogP contribution in [0, 0.1) is 52.3 Å². The highest BCUT2D eigenvalue weighted by Gasteiger charge is 2.62. The van der Waals surface area contributed by atoms with Crippen LogP contribution in [0.1, 0.15) is 91.4 Å². The van der Waals surface area contributed by atoms with Crippen LogP contribution >= 0.6 is 7.60 Å². The van der Waals surface area contributed by atoms with Gasteiger partial charge in [-0.15, -0.1) is 0 Å². The van der Waals surface area contributed by atoms with Crippen LogP contribution in [0.4, 0.5) is 0 Å². The Balaban J connectivity index is 1.30. The Morgan fingerprint density at radius 1 is 0.974 bits per heavy atom. The summed E-state index contributed by atoms with van der Waals surface area (Å²) >= 11 is 0. The number of carboxylic acid groups (broad SMARTS) is 1. The summed E-state index contributed by atoms with van der Waals surface area (Å²) in [5.41, 5.74) is 0.379. The van der Waals surface area contributed by atoms with Crippen molar-refractivity contribution in [2.75, 3.05) is 12.7 Å². The van der Waals surface area contributed by atoms with Crippen molar-refractivity contribution in [2.45, 2.75) is 104 Å². The molecule has 4 rings (SSSR count). The van der Waals surface area contributed by atoms with Crippen molar-refractivity contribution in [1.82, 2.24) is 5.32 Å². The minimum absolute atomic E-state index is 0.0771. The predicted octanol–water partition coefficient (Wildman–Crippen LogP) is 3.78. The highest BCUT2D eigenvalue weighted by molar-refractivity contribution is 7.51. The molecule has 5 unspecified atom stereocenters. The third-order valence-electron chi connectivity index (χ3n) is 11.9. The van der Waals surface area contributed by atoms with Gasteiger partial charge in [0.25, 0.3) is 0 Å². The SMILES string of the molecule is C[C@H](CCNC(=O)CCC(CP(=O)(O)O)C(=O)O)C1CCC2C3C(CC[C@@]21C)[C@@]1(C)CC[C@@H](O)C[C@H]1C[C@@H]3O. The van der Waals surface area contributed by atoms with Gasteiger partial charge in [0.1, 0.15) is 0 Å². The number of carboxylic acids is 1. The van der Waals surface area contributed by atoms with E-state index in [1.165, 1.54) is 0 Å². The van der Waals surface area contributed by atoms with Gasteiger partial charge in [-0.3, -0.25) is 14.2 Å². The van der Waals surface area contributed by atoms with E-state index in [1.54, 1.807) is 0 Å². The van der Waals surface area contributed by atoms with Crippen molar-refractivity contribution in [3.05, 3.63) is 0 Å². The minimum atomic E-state index is -4.47. The van der Waals surface area contributed by atoms with Gasteiger partial charge in [-0.2, -0.15) is 0 Å². The van der Waals surface area contributed by atoms with Crippen LogP contribution < -0.4 is 5.32 Å². The second-order valence-electron chi connectivity index (χ2n) is 14.0. The fourth-order valence-electron chi connectivity index (χ4n) is 9.79. The molecule has 0 aromatic carbocycles. The Hall–Kier alpha value is -0.990. The lowest BCUT2D eigenvalue weighted by Crippen LogP contribution is -2.58. The minimum Gasteiger partial charge on any atom is -0.481 e. The van der Waals surface area contributed by atoms with Crippen molar-refractivity contribution in [2.24, 2.45) is 52.3 Å². The van der Waals surface area contributed by atoms with E-state index in [0.29, 0.717) is 42.1 Å². The van der Waals surface area contributed by atoms with Gasteiger partial charge in [-0.25, -0.2) is 0 Å². The first-order valence-corrected chi connectivity index (χ1v) is 16.9. The van der Waals surface area contributed by atoms with Crippen LogP contribution in [0.25, 0.3) is 0 Å². The number of aliphatic hydroxyl groups excluding tert-OH is 2. The van der Waals surface area contributed by atoms with Crippen LogP contribution in [0.5, 0.6) is 0 Å². The zero-order valence-corrected chi connectivity index (χ0v) is 24.7. The number of hydrogen-bond acceptors (Lipinski definition) is 5. The molecule has 0 heterocycles.